The van der Waals surface area contributed by atoms with Crippen molar-refractivity contribution in [1.29, 1.82) is 0 Å². The lowest BCUT2D eigenvalue weighted by atomic mass is 9.74. The largest absolute Gasteiger partial charge is 0.298 e. The topological polar surface area (TPSA) is 47.0 Å². The number of aromatic nitrogens is 1. The van der Waals surface area contributed by atoms with Gasteiger partial charge in [-0.1, -0.05) is 23.7 Å². The molecule has 2 fully saturated rings. The maximum atomic E-state index is 12.8. The molecule has 4 rings (SSSR count). The van der Waals surface area contributed by atoms with E-state index in [1.165, 1.54) is 0 Å². The molecule has 122 valence electrons. The van der Waals surface area contributed by atoms with E-state index in [2.05, 4.69) is 4.98 Å². The molecule has 1 heterocycles. The molecule has 1 aromatic carbocycles. The van der Waals surface area contributed by atoms with E-state index >= 15 is 0 Å². The standard InChI is InChI=1S/C20H18ClNO2/c1-11-2-3-12(15-6-7-17(21)22-10-15)9-16(11)18-19(23)13-4-5-14(8-13)20(18)24/h2-3,6-7,9-10,13-14,18H,4-5,8H2,1H3/t13-,14+,18?. The fourth-order valence-corrected chi connectivity index (χ4v) is 4.21. The fraction of sp³-hybridized carbons (Fsp3) is 0.350. The zero-order chi connectivity index (χ0) is 16.8. The van der Waals surface area contributed by atoms with Gasteiger partial charge in [-0.15, -0.1) is 0 Å². The first-order chi connectivity index (χ1) is 11.5. The normalized spacial score (nSPS) is 26.0. The van der Waals surface area contributed by atoms with Crippen molar-refractivity contribution in [3.05, 3.63) is 52.8 Å². The number of fused-ring (bicyclic) bond motifs is 2. The second-order valence-corrected chi connectivity index (χ2v) is 7.27. The van der Waals surface area contributed by atoms with E-state index in [4.69, 9.17) is 11.6 Å². The molecular formula is C20H18ClNO2. The van der Waals surface area contributed by atoms with Crippen LogP contribution in [-0.2, 0) is 9.59 Å². The number of carbonyl (C=O) groups excluding carboxylic acids is 2. The van der Waals surface area contributed by atoms with Gasteiger partial charge in [0.1, 0.15) is 11.1 Å². The molecule has 0 N–H and O–H groups in total. The van der Waals surface area contributed by atoms with E-state index in [1.807, 2.05) is 31.2 Å². The number of rotatable bonds is 2. The smallest absolute Gasteiger partial charge is 0.150 e. The first-order valence-corrected chi connectivity index (χ1v) is 8.72. The van der Waals surface area contributed by atoms with Gasteiger partial charge in [0.2, 0.25) is 0 Å². The molecule has 1 aromatic heterocycles. The Bertz CT molecular complexity index is 806. The van der Waals surface area contributed by atoms with Crippen LogP contribution in [-0.4, -0.2) is 16.6 Å². The van der Waals surface area contributed by atoms with E-state index in [1.54, 1.807) is 12.3 Å². The second-order valence-electron chi connectivity index (χ2n) is 6.89. The highest BCUT2D eigenvalue weighted by atomic mass is 35.5. The van der Waals surface area contributed by atoms with Crippen molar-refractivity contribution in [2.24, 2.45) is 11.8 Å². The summed E-state index contributed by atoms with van der Waals surface area (Å²) < 4.78 is 0. The SMILES string of the molecule is Cc1ccc(-c2ccc(Cl)nc2)cc1C1C(=O)[C@@H]2CC[C@@H](C2)C1=O. The Balaban J connectivity index is 1.78. The van der Waals surface area contributed by atoms with Crippen LogP contribution < -0.4 is 0 Å². The first kappa shape index (κ1) is 15.5. The second kappa shape index (κ2) is 5.82. The summed E-state index contributed by atoms with van der Waals surface area (Å²) >= 11 is 5.85. The third kappa shape index (κ3) is 2.48. The predicted molar refractivity (Wildman–Crippen MR) is 93.0 cm³/mol. The van der Waals surface area contributed by atoms with Gasteiger partial charge in [-0.3, -0.25) is 9.59 Å². The molecular weight excluding hydrogens is 322 g/mol. The molecule has 4 heteroatoms. The molecule has 0 amide bonds. The molecule has 24 heavy (non-hydrogen) atoms. The van der Waals surface area contributed by atoms with Crippen LogP contribution in [0.3, 0.4) is 0 Å². The monoisotopic (exact) mass is 339 g/mol. The van der Waals surface area contributed by atoms with Crippen LogP contribution in [0.2, 0.25) is 5.15 Å². The van der Waals surface area contributed by atoms with Crippen molar-refractivity contribution in [3.8, 4) is 11.1 Å². The van der Waals surface area contributed by atoms with Crippen LogP contribution in [0.25, 0.3) is 11.1 Å². The average Bonchev–Trinajstić information content (AvgIpc) is 3.03. The molecule has 3 atom stereocenters. The van der Waals surface area contributed by atoms with E-state index in [9.17, 15) is 9.59 Å². The number of carbonyl (C=O) groups is 2. The summed E-state index contributed by atoms with van der Waals surface area (Å²) in [5, 5.41) is 0.445. The van der Waals surface area contributed by atoms with Gasteiger partial charge < -0.3 is 0 Å². The first-order valence-electron chi connectivity index (χ1n) is 8.34. The molecule has 2 aromatic rings. The lowest BCUT2D eigenvalue weighted by Gasteiger charge is -2.27. The maximum absolute atomic E-state index is 12.8. The third-order valence-corrected chi connectivity index (χ3v) is 5.68. The summed E-state index contributed by atoms with van der Waals surface area (Å²) in [7, 11) is 0. The minimum absolute atomic E-state index is 0.0676. The van der Waals surface area contributed by atoms with Gasteiger partial charge >= 0.3 is 0 Å². The summed E-state index contributed by atoms with van der Waals surface area (Å²) in [6.07, 6.45) is 4.20. The number of hydrogen-bond donors (Lipinski definition) is 0. The molecule has 1 unspecified atom stereocenters. The summed E-state index contributed by atoms with van der Waals surface area (Å²) in [5.74, 6) is -0.223. The minimum atomic E-state index is -0.587. The van der Waals surface area contributed by atoms with Crippen molar-refractivity contribution in [3.63, 3.8) is 0 Å². The van der Waals surface area contributed by atoms with Crippen molar-refractivity contribution >= 4 is 23.2 Å². The lowest BCUT2D eigenvalue weighted by molar-refractivity contribution is -0.135. The van der Waals surface area contributed by atoms with Crippen LogP contribution in [0.4, 0.5) is 0 Å². The fourth-order valence-electron chi connectivity index (χ4n) is 4.09. The average molecular weight is 340 g/mol. The highest BCUT2D eigenvalue weighted by Crippen LogP contribution is 2.44. The van der Waals surface area contributed by atoms with Crippen LogP contribution in [0.15, 0.2) is 36.5 Å². The van der Waals surface area contributed by atoms with Gasteiger partial charge in [-0.2, -0.15) is 0 Å². The van der Waals surface area contributed by atoms with Gasteiger partial charge in [0.05, 0.1) is 0 Å². The van der Waals surface area contributed by atoms with Crippen molar-refractivity contribution < 1.29 is 9.59 Å². The predicted octanol–water partition coefficient (Wildman–Crippen LogP) is 4.36. The van der Waals surface area contributed by atoms with E-state index in [0.717, 1.165) is 41.5 Å². The lowest BCUT2D eigenvalue weighted by Crippen LogP contribution is -2.35. The van der Waals surface area contributed by atoms with E-state index < -0.39 is 5.92 Å². The Hall–Kier alpha value is -2.00. The molecule has 0 radical (unpaired) electrons. The van der Waals surface area contributed by atoms with Crippen LogP contribution in [0.5, 0.6) is 0 Å². The van der Waals surface area contributed by atoms with Crippen LogP contribution >= 0.6 is 11.6 Å². The molecule has 0 aliphatic heterocycles. The van der Waals surface area contributed by atoms with E-state index in [-0.39, 0.29) is 23.4 Å². The van der Waals surface area contributed by atoms with Crippen molar-refractivity contribution in [2.45, 2.75) is 32.1 Å². The van der Waals surface area contributed by atoms with Gasteiger partial charge in [0.25, 0.3) is 0 Å². The number of pyridine rings is 1. The number of halogens is 1. The summed E-state index contributed by atoms with van der Waals surface area (Å²) in [4.78, 5) is 29.7. The Labute approximate surface area is 146 Å². The Kier molecular flexibility index (Phi) is 3.76. The Morgan fingerprint density at radius 2 is 1.67 bits per heavy atom. The zero-order valence-corrected chi connectivity index (χ0v) is 14.2. The number of ketones is 2. The summed E-state index contributed by atoms with van der Waals surface area (Å²) in [6, 6.07) is 9.60. The highest BCUT2D eigenvalue weighted by Gasteiger charge is 2.47. The van der Waals surface area contributed by atoms with Crippen molar-refractivity contribution in [2.75, 3.05) is 0 Å². The number of nitrogens with zero attached hydrogens (tertiary/aromatic N) is 1. The van der Waals surface area contributed by atoms with Crippen LogP contribution in [0.1, 0.15) is 36.3 Å². The van der Waals surface area contributed by atoms with Gasteiger partial charge in [-0.05, 0) is 61.1 Å². The Morgan fingerprint density at radius 1 is 1.00 bits per heavy atom. The minimum Gasteiger partial charge on any atom is -0.298 e. The highest BCUT2D eigenvalue weighted by molar-refractivity contribution is 6.29. The quantitative estimate of drug-likeness (QED) is 0.603. The van der Waals surface area contributed by atoms with Crippen LogP contribution in [0, 0.1) is 18.8 Å². The van der Waals surface area contributed by atoms with E-state index in [0.29, 0.717) is 5.15 Å². The van der Waals surface area contributed by atoms with Crippen molar-refractivity contribution in [1.82, 2.24) is 4.98 Å². The zero-order valence-electron chi connectivity index (χ0n) is 13.5. The Morgan fingerprint density at radius 3 is 2.29 bits per heavy atom. The molecule has 2 bridgehead atoms. The number of Topliss-reactive ketones (excluding diaryl/α,β-unsaturated/α-hetero) is 2. The molecule has 0 saturated heterocycles. The number of benzene rings is 1. The number of aryl methyl sites for hydroxylation is 1. The maximum Gasteiger partial charge on any atom is 0.150 e. The summed E-state index contributed by atoms with van der Waals surface area (Å²) in [5.41, 5.74) is 3.74. The third-order valence-electron chi connectivity index (χ3n) is 5.46. The molecule has 2 aliphatic carbocycles. The molecule has 2 saturated carbocycles. The number of hydrogen-bond acceptors (Lipinski definition) is 3. The van der Waals surface area contributed by atoms with Gasteiger partial charge in [0, 0.05) is 23.6 Å². The molecule has 2 aliphatic rings. The van der Waals surface area contributed by atoms with Gasteiger partial charge in [-0.25, -0.2) is 4.98 Å². The summed E-state index contributed by atoms with van der Waals surface area (Å²) in [6.45, 7) is 1.97. The molecule has 0 spiro atoms. The van der Waals surface area contributed by atoms with Gasteiger partial charge in [0.15, 0.2) is 11.6 Å². The molecule has 3 nitrogen and oxygen atoms in total.